The topological polar surface area (TPSA) is 234 Å². The van der Waals surface area contributed by atoms with Gasteiger partial charge >= 0.3 is 17.9 Å². The lowest BCUT2D eigenvalue weighted by Gasteiger charge is -2.19. The van der Waals surface area contributed by atoms with Gasteiger partial charge in [0.15, 0.2) is 6.04 Å². The third-order valence-corrected chi connectivity index (χ3v) is 3.62. The quantitative estimate of drug-likeness (QED) is 0.144. The van der Waals surface area contributed by atoms with Crippen molar-refractivity contribution in [3.8, 4) is 0 Å². The molecule has 0 unspecified atom stereocenters. The predicted molar refractivity (Wildman–Crippen MR) is 98.1 cm³/mol. The largest absolute Gasteiger partial charge is 0.480 e. The van der Waals surface area contributed by atoms with Gasteiger partial charge in [-0.05, 0) is 13.3 Å². The zero-order valence-electron chi connectivity index (χ0n) is 16.4. The molecule has 14 nitrogen and oxygen atoms in total. The minimum atomic E-state index is -1.52. The van der Waals surface area contributed by atoms with E-state index in [1.54, 1.807) is 0 Å². The van der Waals surface area contributed by atoms with Gasteiger partial charge in [0.05, 0.1) is 13.2 Å². The molecule has 0 radical (unpaired) electrons. The normalized spacial score (nSPS) is 14.5. The third kappa shape index (κ3) is 10.9. The van der Waals surface area contributed by atoms with E-state index in [1.165, 1.54) is 13.8 Å². The molecule has 4 atom stereocenters. The Hall–Kier alpha value is -3.26. The van der Waals surface area contributed by atoms with Crippen molar-refractivity contribution in [1.82, 2.24) is 16.0 Å². The first-order valence-corrected chi connectivity index (χ1v) is 8.73. The summed E-state index contributed by atoms with van der Waals surface area (Å²) in [6.45, 7) is 1.49. The van der Waals surface area contributed by atoms with Gasteiger partial charge in [0.1, 0.15) is 18.1 Å². The fourth-order valence-corrected chi connectivity index (χ4v) is 2.03. The number of carboxylic acid groups (broad SMARTS) is 3. The van der Waals surface area contributed by atoms with Gasteiger partial charge in [-0.15, -0.1) is 0 Å². The number of amides is 3. The van der Waals surface area contributed by atoms with E-state index in [1.807, 2.05) is 0 Å². The summed E-state index contributed by atoms with van der Waals surface area (Å²) in [4.78, 5) is 67.8. The molecule has 0 aliphatic heterocycles. The van der Waals surface area contributed by atoms with Gasteiger partial charge in [-0.3, -0.25) is 19.2 Å². The second-order valence-corrected chi connectivity index (χ2v) is 6.30. The highest BCUT2D eigenvalue weighted by Gasteiger charge is 2.26. The van der Waals surface area contributed by atoms with E-state index in [9.17, 15) is 33.9 Å². The summed E-state index contributed by atoms with van der Waals surface area (Å²) in [7, 11) is 0. The molecule has 0 saturated carbocycles. The molecule has 0 fully saturated rings. The Morgan fingerprint density at radius 1 is 0.867 bits per heavy atom. The molecule has 170 valence electrons. The number of aliphatic carboxylic acids is 3. The molecule has 3 amide bonds. The van der Waals surface area contributed by atoms with E-state index in [0.29, 0.717) is 0 Å². The molecule has 0 spiro atoms. The average Bonchev–Trinajstić information content (AvgIpc) is 2.62. The summed E-state index contributed by atoms with van der Waals surface area (Å²) in [5, 5.41) is 33.4. The van der Waals surface area contributed by atoms with Crippen molar-refractivity contribution in [2.45, 2.75) is 50.9 Å². The van der Waals surface area contributed by atoms with Crippen LogP contribution in [0.25, 0.3) is 0 Å². The van der Waals surface area contributed by atoms with Crippen LogP contribution >= 0.6 is 0 Å². The SMILES string of the molecule is CC(=O)N[C@@H](C)C(=O)N[C@H](CCC(=O)N[C@@H](COC[C@@H](N)C(=O)O)C(=O)O)C(=O)O. The first kappa shape index (κ1) is 26.7. The van der Waals surface area contributed by atoms with Crippen molar-refractivity contribution in [3.05, 3.63) is 0 Å². The maximum Gasteiger partial charge on any atom is 0.328 e. The Labute approximate surface area is 171 Å². The molecule has 0 rings (SSSR count). The molecule has 14 heteroatoms. The lowest BCUT2D eigenvalue weighted by atomic mass is 10.1. The summed E-state index contributed by atoms with van der Waals surface area (Å²) in [6.07, 6.45) is -0.791. The van der Waals surface area contributed by atoms with Crippen LogP contribution in [0.3, 0.4) is 0 Å². The van der Waals surface area contributed by atoms with E-state index in [2.05, 4.69) is 16.0 Å². The number of hydrogen-bond acceptors (Lipinski definition) is 8. The van der Waals surface area contributed by atoms with Crippen LogP contribution in [0.1, 0.15) is 26.7 Å². The zero-order valence-corrected chi connectivity index (χ0v) is 16.4. The van der Waals surface area contributed by atoms with Crippen LogP contribution in [-0.2, 0) is 33.5 Å². The van der Waals surface area contributed by atoms with Crippen molar-refractivity contribution in [2.75, 3.05) is 13.2 Å². The van der Waals surface area contributed by atoms with Gasteiger partial charge in [-0.2, -0.15) is 0 Å². The maximum atomic E-state index is 11.9. The lowest BCUT2D eigenvalue weighted by molar-refractivity contribution is -0.145. The highest BCUT2D eigenvalue weighted by Crippen LogP contribution is 2.01. The summed E-state index contributed by atoms with van der Waals surface area (Å²) >= 11 is 0. The smallest absolute Gasteiger partial charge is 0.328 e. The Morgan fingerprint density at radius 2 is 1.43 bits per heavy atom. The number of ether oxygens (including phenoxy) is 1. The fraction of sp³-hybridized carbons (Fsp3) is 0.625. The Kier molecular flexibility index (Phi) is 11.6. The highest BCUT2D eigenvalue weighted by atomic mass is 16.5. The van der Waals surface area contributed by atoms with Crippen LogP contribution in [-0.4, -0.2) is 88.3 Å². The molecule has 0 aromatic heterocycles. The van der Waals surface area contributed by atoms with Crippen molar-refractivity contribution in [3.63, 3.8) is 0 Å². The van der Waals surface area contributed by atoms with E-state index >= 15 is 0 Å². The molecular weight excluding hydrogens is 408 g/mol. The van der Waals surface area contributed by atoms with Crippen LogP contribution in [0.4, 0.5) is 0 Å². The van der Waals surface area contributed by atoms with Gasteiger partial charge in [0, 0.05) is 13.3 Å². The fourth-order valence-electron chi connectivity index (χ4n) is 2.03. The number of hydrogen-bond donors (Lipinski definition) is 7. The lowest BCUT2D eigenvalue weighted by Crippen LogP contribution is -2.50. The molecule has 0 bridgehead atoms. The van der Waals surface area contributed by atoms with E-state index < -0.39 is 79.4 Å². The number of nitrogens with two attached hydrogens (primary N) is 1. The Balaban J connectivity index is 4.66. The van der Waals surface area contributed by atoms with Crippen LogP contribution in [0, 0.1) is 0 Å². The van der Waals surface area contributed by atoms with E-state index in [4.69, 9.17) is 20.7 Å². The number of carbonyl (C=O) groups is 6. The minimum absolute atomic E-state index is 0.350. The molecular formula is C16H26N4O10. The van der Waals surface area contributed by atoms with Crippen molar-refractivity contribution in [2.24, 2.45) is 5.73 Å². The van der Waals surface area contributed by atoms with Crippen LogP contribution in [0.15, 0.2) is 0 Å². The second-order valence-electron chi connectivity index (χ2n) is 6.30. The van der Waals surface area contributed by atoms with Crippen molar-refractivity contribution < 1.29 is 48.8 Å². The molecule has 0 heterocycles. The van der Waals surface area contributed by atoms with Crippen LogP contribution in [0.5, 0.6) is 0 Å². The monoisotopic (exact) mass is 434 g/mol. The second kappa shape index (κ2) is 13.1. The third-order valence-electron chi connectivity index (χ3n) is 3.62. The minimum Gasteiger partial charge on any atom is -0.480 e. The first-order valence-electron chi connectivity index (χ1n) is 8.73. The Morgan fingerprint density at radius 3 is 1.90 bits per heavy atom. The molecule has 0 saturated heterocycles. The molecule has 0 aliphatic rings. The van der Waals surface area contributed by atoms with Crippen LogP contribution in [0.2, 0.25) is 0 Å². The number of rotatable bonds is 14. The molecule has 30 heavy (non-hydrogen) atoms. The van der Waals surface area contributed by atoms with Gasteiger partial charge in [-0.25, -0.2) is 9.59 Å². The zero-order chi connectivity index (χ0) is 23.4. The van der Waals surface area contributed by atoms with Gasteiger partial charge in [0.2, 0.25) is 17.7 Å². The van der Waals surface area contributed by atoms with E-state index in [-0.39, 0.29) is 6.42 Å². The summed E-state index contributed by atoms with van der Waals surface area (Å²) in [5.41, 5.74) is 5.20. The molecule has 0 aliphatic carbocycles. The number of carboxylic acids is 3. The van der Waals surface area contributed by atoms with Crippen LogP contribution < -0.4 is 21.7 Å². The summed E-state index contributed by atoms with van der Waals surface area (Å²) < 4.78 is 4.87. The number of carbonyl (C=O) groups excluding carboxylic acids is 3. The first-order chi connectivity index (χ1) is 13.8. The predicted octanol–water partition coefficient (Wildman–Crippen LogP) is -3.14. The molecule has 0 aromatic rings. The van der Waals surface area contributed by atoms with Crippen molar-refractivity contribution >= 4 is 35.6 Å². The van der Waals surface area contributed by atoms with Gasteiger partial charge in [0.25, 0.3) is 0 Å². The maximum absolute atomic E-state index is 11.9. The van der Waals surface area contributed by atoms with Gasteiger partial charge in [-0.1, -0.05) is 0 Å². The highest BCUT2D eigenvalue weighted by molar-refractivity contribution is 5.90. The Bertz CT molecular complexity index is 668. The summed E-state index contributed by atoms with van der Waals surface area (Å²) in [6, 6.07) is -5.33. The van der Waals surface area contributed by atoms with Crippen molar-refractivity contribution in [1.29, 1.82) is 0 Å². The molecule has 8 N–H and O–H groups in total. The summed E-state index contributed by atoms with van der Waals surface area (Å²) in [5.74, 6) is -6.32. The average molecular weight is 434 g/mol. The molecule has 0 aromatic carbocycles. The standard InChI is InChI=1S/C16H26N4O10/c1-7(18-8(2)21)13(23)20-10(15(26)27)3-4-12(22)19-11(16(28)29)6-30-5-9(17)14(24)25/h7,9-11H,3-6,17H2,1-2H3,(H,18,21)(H,19,22)(H,20,23)(H,24,25)(H,26,27)(H,28,29)/t7-,9+,10+,11-/m0/s1. The van der Waals surface area contributed by atoms with E-state index in [0.717, 1.165) is 0 Å². The number of nitrogens with one attached hydrogen (secondary N) is 3. The van der Waals surface area contributed by atoms with Gasteiger partial charge < -0.3 is 41.7 Å².